The molecule has 1 saturated heterocycles. The number of esters is 4. The average molecular weight is 706 g/mol. The Morgan fingerprint density at radius 3 is 1.45 bits per heavy atom. The highest BCUT2D eigenvalue weighted by molar-refractivity contribution is 5.91. The van der Waals surface area contributed by atoms with E-state index in [1.807, 2.05) is 0 Å². The number of hydrogen-bond donors (Lipinski definition) is 0. The topological polar surface area (TPSA) is 136 Å². The maximum Gasteiger partial charge on any atom is 0.468 e. The van der Waals surface area contributed by atoms with Crippen LogP contribution in [0.25, 0.3) is 0 Å². The lowest BCUT2D eigenvalue weighted by atomic mass is 9.97. The Bertz CT molecular complexity index is 1820. The van der Waals surface area contributed by atoms with Crippen LogP contribution in [0.3, 0.4) is 0 Å². The number of aliphatic imine (C=N–C) groups is 1. The van der Waals surface area contributed by atoms with Gasteiger partial charge in [-0.3, -0.25) is 4.79 Å². The van der Waals surface area contributed by atoms with Crippen LogP contribution in [0, 0.1) is 0 Å². The molecule has 1 heterocycles. The van der Waals surface area contributed by atoms with Gasteiger partial charge in [0.25, 0.3) is 5.90 Å². The summed E-state index contributed by atoms with van der Waals surface area (Å²) in [5.74, 6) is -5.69. The van der Waals surface area contributed by atoms with Gasteiger partial charge in [0, 0.05) is 6.92 Å². The molecule has 4 aromatic rings. The molecule has 0 saturated carbocycles. The first-order chi connectivity index (χ1) is 24.5. The van der Waals surface area contributed by atoms with Crippen molar-refractivity contribution < 1.29 is 60.8 Å². The predicted octanol–water partition coefficient (Wildman–Crippen LogP) is 6.26. The summed E-state index contributed by atoms with van der Waals surface area (Å²) in [5, 5.41) is 0. The first-order valence-electron chi connectivity index (χ1n) is 15.4. The minimum atomic E-state index is -5.22. The smallest absolute Gasteiger partial charge is 0.463 e. The Balaban J connectivity index is 1.63. The minimum absolute atomic E-state index is 0.000823. The highest BCUT2D eigenvalue weighted by Gasteiger charge is 2.56. The third-order valence-electron chi connectivity index (χ3n) is 7.26. The standard InChI is InChI=1S/C37H30F3NO10/c1-23(42)46-22-28-29(48-32(43)24-14-6-2-7-15-24)30(49-33(44)25-16-8-3-9-17-25)31(50-34(45)26-18-10-4-11-19-26)35(47-28)51-36(37(38,39)40)41-27-20-12-5-13-21-27/h2-21,28-31,35H,22H2,1H3/t28-,29-,30+,31-,35?/m1/s1. The van der Waals surface area contributed by atoms with Crippen molar-refractivity contribution in [3.8, 4) is 0 Å². The molecule has 5 rings (SSSR count). The van der Waals surface area contributed by atoms with Gasteiger partial charge in [0.05, 0.1) is 22.4 Å². The Hall–Kier alpha value is -6.02. The van der Waals surface area contributed by atoms with Gasteiger partial charge in [-0.05, 0) is 48.5 Å². The molecular formula is C37H30F3NO10. The summed E-state index contributed by atoms with van der Waals surface area (Å²) >= 11 is 0. The van der Waals surface area contributed by atoms with Gasteiger partial charge in [0.1, 0.15) is 12.7 Å². The number of hydrogen-bond acceptors (Lipinski definition) is 11. The van der Waals surface area contributed by atoms with Gasteiger partial charge < -0.3 is 28.4 Å². The van der Waals surface area contributed by atoms with Gasteiger partial charge in [-0.1, -0.05) is 72.8 Å². The summed E-state index contributed by atoms with van der Waals surface area (Å²) in [4.78, 5) is 55.9. The summed E-state index contributed by atoms with van der Waals surface area (Å²) < 4.78 is 77.1. The van der Waals surface area contributed by atoms with Crippen molar-refractivity contribution in [2.45, 2.75) is 43.8 Å². The van der Waals surface area contributed by atoms with Crippen molar-refractivity contribution in [2.24, 2.45) is 4.99 Å². The summed E-state index contributed by atoms with van der Waals surface area (Å²) in [6.07, 6.45) is -14.7. The zero-order valence-corrected chi connectivity index (χ0v) is 26.8. The molecule has 11 nitrogen and oxygen atoms in total. The summed E-state index contributed by atoms with van der Waals surface area (Å²) in [7, 11) is 0. The lowest BCUT2D eigenvalue weighted by Gasteiger charge is -2.44. The van der Waals surface area contributed by atoms with Crippen LogP contribution >= 0.6 is 0 Å². The molecule has 1 aliphatic heterocycles. The molecule has 0 spiro atoms. The third kappa shape index (κ3) is 9.79. The molecule has 14 heteroatoms. The third-order valence-corrected chi connectivity index (χ3v) is 7.26. The molecule has 0 radical (unpaired) electrons. The van der Waals surface area contributed by atoms with E-state index >= 15 is 0 Å². The fraction of sp³-hybridized carbons (Fsp3) is 0.216. The molecule has 1 aliphatic rings. The van der Waals surface area contributed by atoms with Crippen LogP contribution in [-0.2, 0) is 33.2 Å². The van der Waals surface area contributed by atoms with Crippen molar-refractivity contribution >= 4 is 35.5 Å². The Labute approximate surface area is 289 Å². The van der Waals surface area contributed by atoms with Gasteiger partial charge in [0.15, 0.2) is 12.2 Å². The summed E-state index contributed by atoms with van der Waals surface area (Å²) in [5.41, 5.74) is -0.127. The summed E-state index contributed by atoms with van der Waals surface area (Å²) in [6, 6.07) is 29.5. The Morgan fingerprint density at radius 2 is 1.02 bits per heavy atom. The zero-order valence-electron chi connectivity index (χ0n) is 26.8. The molecule has 0 bridgehead atoms. The fourth-order valence-corrected chi connectivity index (χ4v) is 4.89. The second-order valence-corrected chi connectivity index (χ2v) is 10.9. The van der Waals surface area contributed by atoms with E-state index < -0.39 is 73.3 Å². The Kier molecular flexibility index (Phi) is 11.8. The highest BCUT2D eigenvalue weighted by atomic mass is 19.4. The number of rotatable bonds is 10. The second-order valence-electron chi connectivity index (χ2n) is 10.9. The quantitative estimate of drug-likeness (QED) is 0.0805. The van der Waals surface area contributed by atoms with Crippen LogP contribution in [0.1, 0.15) is 38.0 Å². The van der Waals surface area contributed by atoms with Crippen molar-refractivity contribution in [3.05, 3.63) is 138 Å². The largest absolute Gasteiger partial charge is 0.468 e. The molecule has 0 N–H and O–H groups in total. The molecular weight excluding hydrogens is 675 g/mol. The number of halogens is 3. The van der Waals surface area contributed by atoms with E-state index in [-0.39, 0.29) is 22.4 Å². The lowest BCUT2D eigenvalue weighted by molar-refractivity contribution is -0.284. The van der Waals surface area contributed by atoms with Crippen LogP contribution < -0.4 is 0 Å². The van der Waals surface area contributed by atoms with E-state index in [1.54, 1.807) is 36.4 Å². The monoisotopic (exact) mass is 705 g/mol. The molecule has 0 aromatic heterocycles. The molecule has 4 aromatic carbocycles. The highest BCUT2D eigenvalue weighted by Crippen LogP contribution is 2.34. The fourth-order valence-electron chi connectivity index (χ4n) is 4.89. The summed E-state index contributed by atoms with van der Waals surface area (Å²) in [6.45, 7) is 0.352. The molecule has 1 unspecified atom stereocenters. The molecule has 5 atom stereocenters. The van der Waals surface area contributed by atoms with Crippen molar-refractivity contribution in [1.82, 2.24) is 0 Å². The number of benzene rings is 4. The second kappa shape index (κ2) is 16.6. The first kappa shape index (κ1) is 36.3. The Morgan fingerprint density at radius 1 is 0.608 bits per heavy atom. The van der Waals surface area contributed by atoms with E-state index in [0.29, 0.717) is 0 Å². The molecule has 0 aliphatic carbocycles. The van der Waals surface area contributed by atoms with E-state index in [9.17, 15) is 32.3 Å². The van der Waals surface area contributed by atoms with Crippen molar-refractivity contribution in [2.75, 3.05) is 6.61 Å². The number of carbonyl (C=O) groups is 4. The number of alkyl halides is 3. The maximum atomic E-state index is 14.5. The van der Waals surface area contributed by atoms with Gasteiger partial charge in [-0.2, -0.15) is 13.2 Å². The number of nitrogens with zero attached hydrogens (tertiary/aromatic N) is 1. The zero-order chi connectivity index (χ0) is 36.4. The minimum Gasteiger partial charge on any atom is -0.463 e. The average Bonchev–Trinajstić information content (AvgIpc) is 3.13. The van der Waals surface area contributed by atoms with Crippen LogP contribution in [0.4, 0.5) is 18.9 Å². The lowest BCUT2D eigenvalue weighted by Crippen LogP contribution is -2.63. The maximum absolute atomic E-state index is 14.5. The van der Waals surface area contributed by atoms with Crippen LogP contribution in [0.15, 0.2) is 126 Å². The number of carbonyl (C=O) groups excluding carboxylic acids is 4. The van der Waals surface area contributed by atoms with Gasteiger partial charge in [-0.25, -0.2) is 19.4 Å². The number of para-hydroxylation sites is 1. The van der Waals surface area contributed by atoms with Crippen LogP contribution in [0.5, 0.6) is 0 Å². The SMILES string of the molecule is CC(=O)OC[C@H]1OC(OC(=Nc2ccccc2)C(F)(F)F)[C@H](OC(=O)c2ccccc2)[C@@H](OC(=O)c2ccccc2)[C@@H]1OC(=O)c1ccccc1. The molecule has 264 valence electrons. The van der Waals surface area contributed by atoms with E-state index in [0.717, 1.165) is 6.92 Å². The van der Waals surface area contributed by atoms with E-state index in [4.69, 9.17) is 28.4 Å². The van der Waals surface area contributed by atoms with Crippen LogP contribution in [0.2, 0.25) is 0 Å². The normalized spacial score (nSPS) is 20.4. The predicted molar refractivity (Wildman–Crippen MR) is 173 cm³/mol. The first-order valence-corrected chi connectivity index (χ1v) is 15.4. The van der Waals surface area contributed by atoms with Crippen LogP contribution in [-0.4, -0.2) is 73.3 Å². The van der Waals surface area contributed by atoms with E-state index in [1.165, 1.54) is 84.9 Å². The van der Waals surface area contributed by atoms with Crippen molar-refractivity contribution in [1.29, 1.82) is 0 Å². The van der Waals surface area contributed by atoms with Gasteiger partial charge in [0.2, 0.25) is 12.4 Å². The van der Waals surface area contributed by atoms with Gasteiger partial charge >= 0.3 is 30.1 Å². The molecule has 51 heavy (non-hydrogen) atoms. The van der Waals surface area contributed by atoms with Gasteiger partial charge in [-0.15, -0.1) is 0 Å². The van der Waals surface area contributed by atoms with E-state index in [2.05, 4.69) is 4.99 Å². The van der Waals surface area contributed by atoms with Crippen molar-refractivity contribution in [3.63, 3.8) is 0 Å². The number of ether oxygens (including phenoxy) is 6. The molecule has 1 fully saturated rings. The molecule has 0 amide bonds.